The fourth-order valence-corrected chi connectivity index (χ4v) is 3.23. The number of hydrogen-bond donors (Lipinski definition) is 1. The van der Waals surface area contributed by atoms with Crippen LogP contribution >= 0.6 is 15.9 Å². The van der Waals surface area contributed by atoms with Crippen molar-refractivity contribution in [3.63, 3.8) is 0 Å². The maximum atomic E-state index is 13.5. The minimum Gasteiger partial charge on any atom is -0.389 e. The van der Waals surface area contributed by atoms with Crippen molar-refractivity contribution in [2.24, 2.45) is 0 Å². The van der Waals surface area contributed by atoms with Crippen LogP contribution in [0.2, 0.25) is 0 Å². The summed E-state index contributed by atoms with van der Waals surface area (Å²) in [6, 6.07) is 5.57. The molecule has 3 rings (SSSR count). The molecule has 1 aromatic carbocycles. The molecule has 0 bridgehead atoms. The Bertz CT molecular complexity index is 933. The molecule has 0 aliphatic rings. The molecule has 0 aliphatic heterocycles. The number of benzene rings is 1. The molecule has 8 heteroatoms. The molecule has 0 saturated carbocycles. The van der Waals surface area contributed by atoms with Gasteiger partial charge in [-0.3, -0.25) is 9.48 Å². The van der Waals surface area contributed by atoms with Crippen molar-refractivity contribution in [1.29, 1.82) is 0 Å². The molecule has 3 aromatic rings. The van der Waals surface area contributed by atoms with E-state index < -0.39 is 11.9 Å². The van der Waals surface area contributed by atoms with E-state index in [-0.39, 0.29) is 5.78 Å². The molecule has 6 nitrogen and oxygen atoms in total. The number of carbonyl (C=O) groups is 1. The zero-order valence-electron chi connectivity index (χ0n) is 13.6. The Kier molecular flexibility index (Phi) is 4.82. The number of aromatic nitrogens is 4. The van der Waals surface area contributed by atoms with Gasteiger partial charge in [-0.1, -0.05) is 0 Å². The number of ketones is 1. The summed E-state index contributed by atoms with van der Waals surface area (Å²) in [6.07, 6.45) is 2.07. The lowest BCUT2D eigenvalue weighted by Crippen LogP contribution is -2.13. The third kappa shape index (κ3) is 3.14. The maximum Gasteiger partial charge on any atom is 0.215 e. The van der Waals surface area contributed by atoms with Gasteiger partial charge in [-0.15, -0.1) is 0 Å². The Morgan fingerprint density at radius 1 is 1.36 bits per heavy atom. The SMILES string of the molecule is CCn1ncc(C(=O)c2ccnn2-c2ccc(F)cc2C(C)O)c1Br. The molecule has 0 amide bonds. The third-order valence-electron chi connectivity index (χ3n) is 3.86. The molecule has 130 valence electrons. The van der Waals surface area contributed by atoms with Crippen molar-refractivity contribution in [3.8, 4) is 5.69 Å². The van der Waals surface area contributed by atoms with E-state index in [0.29, 0.717) is 33.7 Å². The predicted molar refractivity (Wildman–Crippen MR) is 93.2 cm³/mol. The van der Waals surface area contributed by atoms with E-state index in [0.717, 1.165) is 0 Å². The minimum absolute atomic E-state index is 0.273. The lowest BCUT2D eigenvalue weighted by Gasteiger charge is -2.14. The first-order valence-corrected chi connectivity index (χ1v) is 8.51. The van der Waals surface area contributed by atoms with Gasteiger partial charge in [-0.2, -0.15) is 10.2 Å². The predicted octanol–water partition coefficient (Wildman–Crippen LogP) is 3.27. The number of rotatable bonds is 5. The van der Waals surface area contributed by atoms with E-state index in [2.05, 4.69) is 26.1 Å². The summed E-state index contributed by atoms with van der Waals surface area (Å²) in [4.78, 5) is 12.9. The first-order chi connectivity index (χ1) is 11.9. The van der Waals surface area contributed by atoms with E-state index in [1.54, 1.807) is 10.7 Å². The number of aliphatic hydroxyl groups excluding tert-OH is 1. The van der Waals surface area contributed by atoms with E-state index >= 15 is 0 Å². The summed E-state index contributed by atoms with van der Waals surface area (Å²) in [6.45, 7) is 4.08. The fourth-order valence-electron chi connectivity index (χ4n) is 2.60. The molecule has 0 aliphatic carbocycles. The van der Waals surface area contributed by atoms with Gasteiger partial charge in [0.25, 0.3) is 0 Å². The van der Waals surface area contributed by atoms with Gasteiger partial charge < -0.3 is 5.11 Å². The summed E-state index contributed by atoms with van der Waals surface area (Å²) < 4.78 is 17.2. The van der Waals surface area contributed by atoms with Crippen molar-refractivity contribution < 1.29 is 14.3 Å². The molecule has 1 N–H and O–H groups in total. The normalized spacial score (nSPS) is 12.4. The Morgan fingerprint density at radius 3 is 2.76 bits per heavy atom. The van der Waals surface area contributed by atoms with Crippen molar-refractivity contribution in [1.82, 2.24) is 19.6 Å². The van der Waals surface area contributed by atoms with Crippen molar-refractivity contribution in [2.45, 2.75) is 26.5 Å². The Morgan fingerprint density at radius 2 is 2.12 bits per heavy atom. The molecule has 0 radical (unpaired) electrons. The zero-order valence-corrected chi connectivity index (χ0v) is 15.2. The average Bonchev–Trinajstić information content (AvgIpc) is 3.20. The van der Waals surface area contributed by atoms with Crippen LogP contribution in [0.25, 0.3) is 5.69 Å². The summed E-state index contributed by atoms with van der Waals surface area (Å²) in [5.74, 6) is -0.739. The number of aliphatic hydroxyl groups is 1. The highest BCUT2D eigenvalue weighted by Crippen LogP contribution is 2.26. The van der Waals surface area contributed by atoms with E-state index in [1.165, 1.54) is 42.2 Å². The Hall–Kier alpha value is -2.32. The van der Waals surface area contributed by atoms with Crippen LogP contribution in [0.15, 0.2) is 41.3 Å². The molecule has 0 fully saturated rings. The highest BCUT2D eigenvalue weighted by Gasteiger charge is 2.22. The van der Waals surface area contributed by atoms with Crippen LogP contribution in [0.3, 0.4) is 0 Å². The van der Waals surface area contributed by atoms with Gasteiger partial charge in [-0.25, -0.2) is 9.07 Å². The summed E-state index contributed by atoms with van der Waals surface area (Å²) in [7, 11) is 0. The van der Waals surface area contributed by atoms with E-state index in [9.17, 15) is 14.3 Å². The van der Waals surface area contributed by atoms with Crippen LogP contribution in [0, 0.1) is 5.82 Å². The van der Waals surface area contributed by atoms with Crippen molar-refractivity contribution in [3.05, 3.63) is 63.9 Å². The van der Waals surface area contributed by atoms with Gasteiger partial charge >= 0.3 is 0 Å². The quantitative estimate of drug-likeness (QED) is 0.659. The van der Waals surface area contributed by atoms with Gasteiger partial charge in [0.2, 0.25) is 5.78 Å². The van der Waals surface area contributed by atoms with Crippen LogP contribution in [0.1, 0.15) is 41.6 Å². The Balaban J connectivity index is 2.10. The minimum atomic E-state index is -0.910. The van der Waals surface area contributed by atoms with Crippen LogP contribution in [0.5, 0.6) is 0 Å². The highest BCUT2D eigenvalue weighted by molar-refractivity contribution is 9.10. The van der Waals surface area contributed by atoms with Crippen LogP contribution in [0.4, 0.5) is 4.39 Å². The fraction of sp³-hybridized carbons (Fsp3) is 0.235. The average molecular weight is 407 g/mol. The molecule has 0 spiro atoms. The van der Waals surface area contributed by atoms with Crippen LogP contribution in [-0.4, -0.2) is 30.5 Å². The molecule has 2 aromatic heterocycles. The van der Waals surface area contributed by atoms with E-state index in [1.807, 2.05) is 6.92 Å². The zero-order chi connectivity index (χ0) is 18.1. The maximum absolute atomic E-state index is 13.5. The van der Waals surface area contributed by atoms with Crippen LogP contribution < -0.4 is 0 Å². The molecular formula is C17H16BrFN4O2. The number of carbonyl (C=O) groups excluding carboxylic acids is 1. The van der Waals surface area contributed by atoms with Gasteiger partial charge in [0.15, 0.2) is 0 Å². The molecule has 2 heterocycles. The largest absolute Gasteiger partial charge is 0.389 e. The topological polar surface area (TPSA) is 72.9 Å². The lowest BCUT2D eigenvalue weighted by atomic mass is 10.1. The third-order valence-corrected chi connectivity index (χ3v) is 4.70. The molecule has 1 atom stereocenters. The Labute approximate surface area is 152 Å². The monoisotopic (exact) mass is 406 g/mol. The van der Waals surface area contributed by atoms with E-state index in [4.69, 9.17) is 0 Å². The molecular weight excluding hydrogens is 391 g/mol. The second kappa shape index (κ2) is 6.89. The van der Waals surface area contributed by atoms with Crippen LogP contribution in [-0.2, 0) is 6.54 Å². The highest BCUT2D eigenvalue weighted by atomic mass is 79.9. The first kappa shape index (κ1) is 17.5. The number of halogens is 2. The second-order valence-electron chi connectivity index (χ2n) is 5.50. The van der Waals surface area contributed by atoms with Gasteiger partial charge in [0.05, 0.1) is 29.7 Å². The molecule has 0 saturated heterocycles. The summed E-state index contributed by atoms with van der Waals surface area (Å²) in [5.41, 5.74) is 1.50. The summed E-state index contributed by atoms with van der Waals surface area (Å²) >= 11 is 3.39. The number of hydrogen-bond acceptors (Lipinski definition) is 4. The molecule has 25 heavy (non-hydrogen) atoms. The smallest absolute Gasteiger partial charge is 0.215 e. The summed E-state index contributed by atoms with van der Waals surface area (Å²) in [5, 5.41) is 18.3. The van der Waals surface area contributed by atoms with Crippen molar-refractivity contribution in [2.75, 3.05) is 0 Å². The lowest BCUT2D eigenvalue weighted by molar-refractivity contribution is 0.103. The molecule has 1 unspecified atom stereocenters. The van der Waals surface area contributed by atoms with Gasteiger partial charge in [-0.05, 0) is 54.0 Å². The number of aryl methyl sites for hydroxylation is 1. The van der Waals surface area contributed by atoms with Gasteiger partial charge in [0, 0.05) is 12.1 Å². The standard InChI is InChI=1S/C17H16BrFN4O2/c1-3-22-17(18)13(9-21-22)16(25)15-6-7-20-23(15)14-5-4-11(19)8-12(14)10(2)24/h4-10,24H,3H2,1-2H3. The van der Waals surface area contributed by atoms with Gasteiger partial charge in [0.1, 0.15) is 16.1 Å². The second-order valence-corrected chi connectivity index (χ2v) is 6.25. The van der Waals surface area contributed by atoms with Crippen molar-refractivity contribution >= 4 is 21.7 Å². The number of nitrogens with zero attached hydrogens (tertiary/aromatic N) is 4. The first-order valence-electron chi connectivity index (χ1n) is 7.72.